The summed E-state index contributed by atoms with van der Waals surface area (Å²) in [5.74, 6) is -0.284. The van der Waals surface area contributed by atoms with Crippen LogP contribution in [0.4, 0.5) is 0 Å². The Labute approximate surface area is 203 Å². The fourth-order valence-corrected chi connectivity index (χ4v) is 4.48. The second-order valence-electron chi connectivity index (χ2n) is 12.3. The molecule has 3 heteroatoms. The van der Waals surface area contributed by atoms with Crippen molar-refractivity contribution in [1.82, 2.24) is 0 Å². The second-order valence-corrected chi connectivity index (χ2v) is 12.3. The molecule has 1 aromatic carbocycles. The molecule has 0 N–H and O–H groups in total. The van der Waals surface area contributed by atoms with Crippen LogP contribution in [0.5, 0.6) is 0 Å². The van der Waals surface area contributed by atoms with Crippen LogP contribution in [0.15, 0.2) is 30.3 Å². The minimum Gasteiger partial charge on any atom is -0.456 e. The maximum Gasteiger partial charge on any atom is 0.338 e. The molecule has 0 unspecified atom stereocenters. The number of benzene rings is 1. The summed E-state index contributed by atoms with van der Waals surface area (Å²) in [4.78, 5) is 23.1. The molecule has 0 fully saturated rings. The summed E-state index contributed by atoms with van der Waals surface area (Å²) in [7, 11) is 0. The third-order valence-corrected chi connectivity index (χ3v) is 7.41. The zero-order valence-electron chi connectivity index (χ0n) is 22.9. The molecule has 0 saturated heterocycles. The van der Waals surface area contributed by atoms with Crippen molar-refractivity contribution in [3.63, 3.8) is 0 Å². The molecule has 186 valence electrons. The number of ether oxygens (including phenoxy) is 1. The highest BCUT2D eigenvalue weighted by atomic mass is 16.6. The van der Waals surface area contributed by atoms with Crippen molar-refractivity contribution < 1.29 is 14.3 Å². The van der Waals surface area contributed by atoms with E-state index in [0.29, 0.717) is 12.0 Å². The van der Waals surface area contributed by atoms with E-state index in [1.54, 1.807) is 0 Å². The molecule has 0 aromatic heterocycles. The van der Waals surface area contributed by atoms with Crippen LogP contribution in [-0.4, -0.2) is 17.9 Å². The van der Waals surface area contributed by atoms with Gasteiger partial charge >= 0.3 is 5.97 Å². The van der Waals surface area contributed by atoms with E-state index in [9.17, 15) is 9.59 Å². The Morgan fingerprint density at radius 2 is 1.27 bits per heavy atom. The van der Waals surface area contributed by atoms with Crippen LogP contribution in [-0.2, 0) is 9.53 Å². The first-order valence-electron chi connectivity index (χ1n) is 12.5. The van der Waals surface area contributed by atoms with E-state index in [2.05, 4.69) is 54.5 Å². The molecule has 1 rings (SSSR count). The van der Waals surface area contributed by atoms with Gasteiger partial charge < -0.3 is 9.53 Å². The zero-order valence-corrected chi connectivity index (χ0v) is 22.9. The van der Waals surface area contributed by atoms with Crippen LogP contribution in [0.2, 0.25) is 0 Å². The number of hydrogen-bond acceptors (Lipinski definition) is 3. The minimum atomic E-state index is -0.497. The molecule has 3 nitrogen and oxygen atoms in total. The first kappa shape index (κ1) is 29.1. The van der Waals surface area contributed by atoms with Crippen LogP contribution < -0.4 is 0 Å². The molecule has 0 saturated carbocycles. The van der Waals surface area contributed by atoms with E-state index in [4.69, 9.17) is 4.74 Å². The summed E-state index contributed by atoms with van der Waals surface area (Å²) in [6.45, 7) is 21.8. The number of carbonyl (C=O) groups is 2. The molecule has 0 heterocycles. The number of aldehydes is 1. The summed E-state index contributed by atoms with van der Waals surface area (Å²) in [5.41, 5.74) is 2.98. The van der Waals surface area contributed by atoms with Gasteiger partial charge in [-0.15, -0.1) is 0 Å². The fourth-order valence-electron chi connectivity index (χ4n) is 4.48. The lowest BCUT2D eigenvalue weighted by Gasteiger charge is -2.43. The molecular formula is C30H48O3. The van der Waals surface area contributed by atoms with Crippen molar-refractivity contribution in [2.24, 2.45) is 16.2 Å². The third-order valence-electron chi connectivity index (χ3n) is 7.41. The van der Waals surface area contributed by atoms with Gasteiger partial charge in [-0.25, -0.2) is 4.79 Å². The SMILES string of the molecule is C/C=C(/c1ccc(C(=O)OC(C)(C)C)cc1)C(C)(C)CCCC(C)(C)C(C)(C)CCCC=O. The molecule has 0 amide bonds. The molecule has 0 spiro atoms. The molecule has 33 heavy (non-hydrogen) atoms. The predicted octanol–water partition coefficient (Wildman–Crippen LogP) is 8.66. The van der Waals surface area contributed by atoms with Crippen molar-refractivity contribution in [3.8, 4) is 0 Å². The summed E-state index contributed by atoms with van der Waals surface area (Å²) in [5, 5.41) is 0. The number of esters is 1. The fraction of sp³-hybridized carbons (Fsp3) is 0.667. The van der Waals surface area contributed by atoms with Crippen LogP contribution in [0.3, 0.4) is 0 Å². The van der Waals surface area contributed by atoms with E-state index in [0.717, 1.165) is 44.0 Å². The summed E-state index contributed by atoms with van der Waals surface area (Å²) < 4.78 is 5.49. The predicted molar refractivity (Wildman–Crippen MR) is 140 cm³/mol. The number of carbonyl (C=O) groups excluding carboxylic acids is 2. The van der Waals surface area contributed by atoms with Crippen molar-refractivity contribution >= 4 is 17.8 Å². The maximum atomic E-state index is 12.4. The maximum absolute atomic E-state index is 12.4. The van der Waals surface area contributed by atoms with E-state index < -0.39 is 5.60 Å². The Morgan fingerprint density at radius 3 is 1.73 bits per heavy atom. The van der Waals surface area contributed by atoms with Gasteiger partial charge in [0.25, 0.3) is 0 Å². The number of unbranched alkanes of at least 4 members (excludes halogenated alkanes) is 1. The van der Waals surface area contributed by atoms with Crippen molar-refractivity contribution in [3.05, 3.63) is 41.5 Å². The Bertz CT molecular complexity index is 802. The number of hydrogen-bond donors (Lipinski definition) is 0. The van der Waals surface area contributed by atoms with Gasteiger partial charge in [-0.05, 0) is 92.9 Å². The summed E-state index contributed by atoms with van der Waals surface area (Å²) in [6.07, 6.45) is 9.32. The van der Waals surface area contributed by atoms with Gasteiger partial charge in [0.1, 0.15) is 11.9 Å². The molecule has 0 bridgehead atoms. The first-order chi connectivity index (χ1) is 15.1. The lowest BCUT2D eigenvalue weighted by molar-refractivity contribution is -0.108. The van der Waals surface area contributed by atoms with Gasteiger partial charge in [0.05, 0.1) is 5.56 Å². The standard InChI is InChI=1S/C30H48O3/c1-11-25(23-15-17-24(18-16-23)26(32)33-27(2,3)4)28(5,6)19-14-21-30(9,10)29(7,8)20-12-13-22-31/h11,15-18,22H,12-14,19-21H2,1-10H3/b25-11-. The molecular weight excluding hydrogens is 408 g/mol. The number of allylic oxidation sites excluding steroid dienone is 2. The van der Waals surface area contributed by atoms with Crippen LogP contribution in [0.25, 0.3) is 5.57 Å². The largest absolute Gasteiger partial charge is 0.456 e. The Balaban J connectivity index is 2.84. The molecule has 0 radical (unpaired) electrons. The Kier molecular flexibility index (Phi) is 10.1. The minimum absolute atomic E-state index is 0.0277. The van der Waals surface area contributed by atoms with Crippen molar-refractivity contribution in [2.45, 2.75) is 113 Å². The highest BCUT2D eigenvalue weighted by Crippen LogP contribution is 2.47. The normalized spacial score (nSPS) is 13.7. The highest BCUT2D eigenvalue weighted by Gasteiger charge is 2.36. The van der Waals surface area contributed by atoms with E-state index >= 15 is 0 Å². The van der Waals surface area contributed by atoms with Gasteiger partial charge in [-0.2, -0.15) is 0 Å². The Morgan fingerprint density at radius 1 is 0.788 bits per heavy atom. The van der Waals surface area contributed by atoms with E-state index in [-0.39, 0.29) is 22.2 Å². The van der Waals surface area contributed by atoms with Gasteiger partial charge in [0.15, 0.2) is 0 Å². The second kappa shape index (κ2) is 11.5. The van der Waals surface area contributed by atoms with E-state index in [1.807, 2.05) is 45.0 Å². The third kappa shape index (κ3) is 8.76. The Hall–Kier alpha value is -1.90. The molecule has 0 aliphatic heterocycles. The zero-order chi connectivity index (χ0) is 25.5. The average molecular weight is 457 g/mol. The van der Waals surface area contributed by atoms with Crippen LogP contribution >= 0.6 is 0 Å². The first-order valence-corrected chi connectivity index (χ1v) is 12.5. The topological polar surface area (TPSA) is 43.4 Å². The van der Waals surface area contributed by atoms with Crippen LogP contribution in [0, 0.1) is 16.2 Å². The van der Waals surface area contributed by atoms with Crippen LogP contribution in [0.1, 0.15) is 124 Å². The molecule has 0 atom stereocenters. The van der Waals surface area contributed by atoms with Crippen molar-refractivity contribution in [2.75, 3.05) is 0 Å². The molecule has 0 aliphatic rings. The smallest absolute Gasteiger partial charge is 0.338 e. The molecule has 1 aromatic rings. The summed E-state index contributed by atoms with van der Waals surface area (Å²) >= 11 is 0. The number of rotatable bonds is 12. The van der Waals surface area contributed by atoms with Crippen molar-refractivity contribution in [1.29, 1.82) is 0 Å². The van der Waals surface area contributed by atoms with E-state index in [1.165, 1.54) is 5.57 Å². The van der Waals surface area contributed by atoms with Gasteiger partial charge in [-0.1, -0.05) is 66.2 Å². The average Bonchev–Trinajstić information content (AvgIpc) is 2.67. The lowest BCUT2D eigenvalue weighted by atomic mass is 9.62. The highest BCUT2D eigenvalue weighted by molar-refractivity contribution is 5.90. The van der Waals surface area contributed by atoms with Gasteiger partial charge in [0.2, 0.25) is 0 Å². The summed E-state index contributed by atoms with van der Waals surface area (Å²) in [6, 6.07) is 7.81. The van der Waals surface area contributed by atoms with Gasteiger partial charge in [-0.3, -0.25) is 0 Å². The van der Waals surface area contributed by atoms with Gasteiger partial charge in [0, 0.05) is 6.42 Å². The lowest BCUT2D eigenvalue weighted by Crippen LogP contribution is -2.33. The molecule has 0 aliphatic carbocycles. The quantitative estimate of drug-likeness (QED) is 0.179. The monoisotopic (exact) mass is 456 g/mol.